The molecule has 10 rings (SSSR count). The molecule has 4 fully saturated rings. The monoisotopic (exact) mass is 620 g/mol. The van der Waals surface area contributed by atoms with Crippen LogP contribution in [0.15, 0.2) is 127 Å². The molecular weight excluding hydrogens is 585 g/mol. The summed E-state index contributed by atoms with van der Waals surface area (Å²) in [6, 6.07) is 46.2. The summed E-state index contributed by atoms with van der Waals surface area (Å²) in [6.07, 6.45) is 8.41. The molecular formula is C44H36N4. The van der Waals surface area contributed by atoms with Gasteiger partial charge in [-0.25, -0.2) is 15.0 Å². The van der Waals surface area contributed by atoms with Gasteiger partial charge < -0.3 is 0 Å². The second-order valence-corrected chi connectivity index (χ2v) is 14.3. The number of aromatic nitrogens is 3. The molecule has 1 aromatic heterocycles. The first-order chi connectivity index (χ1) is 23.6. The number of hydrogen-bond acceptors (Lipinski definition) is 4. The summed E-state index contributed by atoms with van der Waals surface area (Å²) in [5.41, 5.74) is 9.54. The highest BCUT2D eigenvalue weighted by atomic mass is 15.0. The Hall–Kier alpha value is -5.40. The Morgan fingerprint density at radius 1 is 0.479 bits per heavy atom. The van der Waals surface area contributed by atoms with Crippen molar-refractivity contribution in [3.05, 3.63) is 139 Å². The summed E-state index contributed by atoms with van der Waals surface area (Å²) in [7, 11) is 0. The standard InChI is InChI=1S/C44H36N4/c45-28-29-8-7-13-36(23-29)37-16-19-39(40(24-37)33-9-3-1-4-10-33)43-47-41(34-11-5-2-6-12-34)46-42(48-43)35-14-17-38(18-15-35)44-25-30-20-31(26-44)22-32(21-30)27-44/h1-19,23-24,30-32H,20-22,25-27H2/t30-,31+,32-,44?. The molecule has 0 aliphatic heterocycles. The molecule has 4 aliphatic carbocycles. The van der Waals surface area contributed by atoms with E-state index in [1.54, 1.807) is 0 Å². The summed E-state index contributed by atoms with van der Waals surface area (Å²) in [5.74, 6) is 4.72. The third kappa shape index (κ3) is 5.20. The van der Waals surface area contributed by atoms with Crippen molar-refractivity contribution in [2.45, 2.75) is 43.9 Å². The molecule has 0 N–H and O–H groups in total. The minimum Gasteiger partial charge on any atom is -0.208 e. The van der Waals surface area contributed by atoms with Crippen LogP contribution >= 0.6 is 0 Å². The Kier molecular flexibility index (Phi) is 7.01. The van der Waals surface area contributed by atoms with E-state index in [-0.39, 0.29) is 0 Å². The number of rotatable bonds is 6. The maximum Gasteiger partial charge on any atom is 0.164 e. The number of nitrogens with zero attached hydrogens (tertiary/aromatic N) is 4. The molecule has 4 heteroatoms. The fourth-order valence-electron chi connectivity index (χ4n) is 9.32. The van der Waals surface area contributed by atoms with Crippen molar-refractivity contribution in [3.63, 3.8) is 0 Å². The summed E-state index contributed by atoms with van der Waals surface area (Å²) in [4.78, 5) is 15.3. The van der Waals surface area contributed by atoms with Crippen LogP contribution in [0.1, 0.15) is 49.7 Å². The smallest absolute Gasteiger partial charge is 0.164 e. The van der Waals surface area contributed by atoms with Gasteiger partial charge in [-0.3, -0.25) is 0 Å². The topological polar surface area (TPSA) is 62.5 Å². The third-order valence-electron chi connectivity index (χ3n) is 11.1. The minimum absolute atomic E-state index is 0.353. The van der Waals surface area contributed by atoms with E-state index < -0.39 is 0 Å². The summed E-state index contributed by atoms with van der Waals surface area (Å²) in [6.45, 7) is 0. The van der Waals surface area contributed by atoms with Crippen LogP contribution in [0.2, 0.25) is 0 Å². The van der Waals surface area contributed by atoms with Crippen molar-refractivity contribution >= 4 is 0 Å². The molecule has 0 radical (unpaired) electrons. The molecule has 0 amide bonds. The number of benzene rings is 5. The van der Waals surface area contributed by atoms with Crippen molar-refractivity contribution in [3.8, 4) is 62.5 Å². The summed E-state index contributed by atoms with van der Waals surface area (Å²) in [5, 5.41) is 9.53. The lowest BCUT2D eigenvalue weighted by molar-refractivity contribution is -0.00518. The van der Waals surface area contributed by atoms with Crippen molar-refractivity contribution in [2.24, 2.45) is 17.8 Å². The predicted octanol–water partition coefficient (Wildman–Crippen LogP) is 10.5. The average Bonchev–Trinajstić information content (AvgIpc) is 3.15. The average molecular weight is 621 g/mol. The van der Waals surface area contributed by atoms with Crippen molar-refractivity contribution in [1.29, 1.82) is 5.26 Å². The van der Waals surface area contributed by atoms with Crippen molar-refractivity contribution in [2.75, 3.05) is 0 Å². The highest BCUT2D eigenvalue weighted by Crippen LogP contribution is 2.60. The Labute approximate surface area is 282 Å². The molecule has 6 aromatic rings. The zero-order valence-corrected chi connectivity index (χ0v) is 26.9. The molecule has 48 heavy (non-hydrogen) atoms. The van der Waals surface area contributed by atoms with Gasteiger partial charge in [-0.05, 0) is 114 Å². The highest BCUT2D eigenvalue weighted by Gasteiger charge is 2.51. The lowest BCUT2D eigenvalue weighted by atomic mass is 9.48. The van der Waals surface area contributed by atoms with Crippen LogP contribution in [-0.4, -0.2) is 15.0 Å². The van der Waals surface area contributed by atoms with Gasteiger partial charge in [0.15, 0.2) is 17.5 Å². The summed E-state index contributed by atoms with van der Waals surface area (Å²) < 4.78 is 0. The lowest BCUT2D eigenvalue weighted by Gasteiger charge is -2.57. The largest absolute Gasteiger partial charge is 0.208 e. The fraction of sp³-hybridized carbons (Fsp3) is 0.227. The Bertz CT molecular complexity index is 2130. The van der Waals surface area contributed by atoms with Gasteiger partial charge in [0.05, 0.1) is 11.6 Å². The second kappa shape index (κ2) is 11.7. The van der Waals surface area contributed by atoms with Crippen LogP contribution in [0, 0.1) is 29.1 Å². The van der Waals surface area contributed by atoms with Crippen LogP contribution in [0.25, 0.3) is 56.4 Å². The summed E-state index contributed by atoms with van der Waals surface area (Å²) >= 11 is 0. The molecule has 0 atom stereocenters. The molecule has 0 spiro atoms. The van der Waals surface area contributed by atoms with Gasteiger partial charge in [-0.2, -0.15) is 5.26 Å². The van der Waals surface area contributed by atoms with Crippen LogP contribution < -0.4 is 0 Å². The number of hydrogen-bond donors (Lipinski definition) is 0. The van der Waals surface area contributed by atoms with Crippen molar-refractivity contribution in [1.82, 2.24) is 15.0 Å². The number of nitriles is 1. The molecule has 0 unspecified atom stereocenters. The van der Waals surface area contributed by atoms with E-state index in [0.717, 1.165) is 56.7 Å². The molecule has 4 bridgehead atoms. The molecule has 0 saturated heterocycles. The van der Waals surface area contributed by atoms with Gasteiger partial charge in [0, 0.05) is 16.7 Å². The van der Waals surface area contributed by atoms with E-state index in [0.29, 0.717) is 28.5 Å². The minimum atomic E-state index is 0.353. The van der Waals surface area contributed by atoms with Gasteiger partial charge >= 0.3 is 0 Å². The third-order valence-corrected chi connectivity index (χ3v) is 11.1. The fourth-order valence-corrected chi connectivity index (χ4v) is 9.32. The zero-order valence-electron chi connectivity index (χ0n) is 26.9. The van der Waals surface area contributed by atoms with Gasteiger partial charge in [0.2, 0.25) is 0 Å². The van der Waals surface area contributed by atoms with Crippen LogP contribution in [-0.2, 0) is 5.41 Å². The molecule has 232 valence electrons. The highest BCUT2D eigenvalue weighted by molar-refractivity contribution is 5.86. The zero-order chi connectivity index (χ0) is 32.1. The predicted molar refractivity (Wildman–Crippen MR) is 192 cm³/mol. The maximum atomic E-state index is 9.53. The molecule has 4 saturated carbocycles. The van der Waals surface area contributed by atoms with E-state index >= 15 is 0 Å². The molecule has 4 nitrogen and oxygen atoms in total. The molecule has 4 aliphatic rings. The van der Waals surface area contributed by atoms with Crippen LogP contribution in [0.4, 0.5) is 0 Å². The molecule has 1 heterocycles. The van der Waals surface area contributed by atoms with Crippen LogP contribution in [0.3, 0.4) is 0 Å². The first-order valence-electron chi connectivity index (χ1n) is 17.3. The normalized spacial score (nSPS) is 22.4. The molecule has 5 aromatic carbocycles. The van der Waals surface area contributed by atoms with Crippen molar-refractivity contribution < 1.29 is 0 Å². The van der Waals surface area contributed by atoms with Crippen LogP contribution in [0.5, 0.6) is 0 Å². The van der Waals surface area contributed by atoms with Gasteiger partial charge in [-0.15, -0.1) is 0 Å². The Morgan fingerprint density at radius 2 is 1.00 bits per heavy atom. The van der Waals surface area contributed by atoms with E-state index in [2.05, 4.69) is 84.9 Å². The SMILES string of the molecule is N#Cc1cccc(-c2ccc(-c3nc(-c4ccccc4)nc(-c4ccc(C56C[C@H]7C[C@@H](C5)C[C@@H](C6)C7)cc4)n3)c(-c3ccccc3)c2)c1. The lowest BCUT2D eigenvalue weighted by Crippen LogP contribution is -2.48. The second-order valence-electron chi connectivity index (χ2n) is 14.3. The van der Waals surface area contributed by atoms with E-state index in [1.807, 2.05) is 48.5 Å². The Morgan fingerprint density at radius 3 is 1.62 bits per heavy atom. The first kappa shape index (κ1) is 28.8. The maximum absolute atomic E-state index is 9.53. The Balaban J connectivity index is 1.16. The quantitative estimate of drug-likeness (QED) is 0.186. The van der Waals surface area contributed by atoms with Gasteiger partial charge in [0.25, 0.3) is 0 Å². The first-order valence-corrected chi connectivity index (χ1v) is 17.3. The van der Waals surface area contributed by atoms with E-state index in [4.69, 9.17) is 15.0 Å². The van der Waals surface area contributed by atoms with Gasteiger partial charge in [-0.1, -0.05) is 103 Å². The van der Waals surface area contributed by atoms with E-state index in [9.17, 15) is 5.26 Å². The van der Waals surface area contributed by atoms with Gasteiger partial charge in [0.1, 0.15) is 0 Å². The van der Waals surface area contributed by atoms with E-state index in [1.165, 1.54) is 44.1 Å².